The van der Waals surface area contributed by atoms with Crippen LogP contribution in [0.15, 0.2) is 35.7 Å². The summed E-state index contributed by atoms with van der Waals surface area (Å²) in [6, 6.07) is 10.1. The van der Waals surface area contributed by atoms with Gasteiger partial charge in [0, 0.05) is 31.1 Å². The van der Waals surface area contributed by atoms with Gasteiger partial charge in [0.05, 0.1) is 17.7 Å². The summed E-state index contributed by atoms with van der Waals surface area (Å²) < 4.78 is 6.83. The maximum absolute atomic E-state index is 12.5. The van der Waals surface area contributed by atoms with E-state index < -0.39 is 0 Å². The highest BCUT2D eigenvalue weighted by Crippen LogP contribution is 2.34. The third-order valence-corrected chi connectivity index (χ3v) is 6.44. The van der Waals surface area contributed by atoms with Crippen molar-refractivity contribution in [2.75, 3.05) is 37.7 Å². The molecule has 136 valence electrons. The standard InChI is InChI=1S/C19H21N3O2S2/c1-2-24-15-6-3-7-16-18(15)20-19(26-16)22-10-8-21(9-11-22)17(23)13-14-5-4-12-25-14/h3-7,12H,2,8-11,13H2,1H3. The van der Waals surface area contributed by atoms with Crippen LogP contribution in [0.25, 0.3) is 10.2 Å². The van der Waals surface area contributed by atoms with Crippen molar-refractivity contribution in [2.24, 2.45) is 0 Å². The Morgan fingerprint density at radius 3 is 2.77 bits per heavy atom. The number of anilines is 1. The average Bonchev–Trinajstić information content (AvgIpc) is 3.32. The number of aromatic nitrogens is 1. The van der Waals surface area contributed by atoms with Crippen LogP contribution in [0.1, 0.15) is 11.8 Å². The number of carbonyl (C=O) groups is 1. The molecule has 0 unspecified atom stereocenters. The van der Waals surface area contributed by atoms with Crippen molar-refractivity contribution in [2.45, 2.75) is 13.3 Å². The zero-order chi connectivity index (χ0) is 17.9. The maximum atomic E-state index is 12.5. The van der Waals surface area contributed by atoms with Gasteiger partial charge in [-0.2, -0.15) is 0 Å². The number of benzene rings is 1. The molecule has 0 saturated carbocycles. The van der Waals surface area contributed by atoms with Crippen molar-refractivity contribution in [3.05, 3.63) is 40.6 Å². The van der Waals surface area contributed by atoms with E-state index in [0.29, 0.717) is 13.0 Å². The number of hydrogen-bond donors (Lipinski definition) is 0. The molecule has 1 saturated heterocycles. The average molecular weight is 388 g/mol. The molecule has 1 amide bonds. The number of piperazine rings is 1. The second-order valence-corrected chi connectivity index (χ2v) is 8.20. The lowest BCUT2D eigenvalue weighted by molar-refractivity contribution is -0.130. The molecule has 26 heavy (non-hydrogen) atoms. The van der Waals surface area contributed by atoms with E-state index in [1.165, 1.54) is 0 Å². The number of thiazole rings is 1. The van der Waals surface area contributed by atoms with Crippen molar-refractivity contribution in [3.63, 3.8) is 0 Å². The van der Waals surface area contributed by atoms with Crippen molar-refractivity contribution in [1.29, 1.82) is 0 Å². The van der Waals surface area contributed by atoms with E-state index in [4.69, 9.17) is 9.72 Å². The van der Waals surface area contributed by atoms with E-state index in [1.807, 2.05) is 41.5 Å². The first-order valence-electron chi connectivity index (χ1n) is 8.82. The second kappa shape index (κ2) is 7.63. The van der Waals surface area contributed by atoms with Crippen LogP contribution in [0.4, 0.5) is 5.13 Å². The fraction of sp³-hybridized carbons (Fsp3) is 0.368. The lowest BCUT2D eigenvalue weighted by Crippen LogP contribution is -2.49. The van der Waals surface area contributed by atoms with Crippen LogP contribution in [0.5, 0.6) is 5.75 Å². The monoisotopic (exact) mass is 387 g/mol. The second-order valence-electron chi connectivity index (χ2n) is 6.16. The molecule has 3 aromatic rings. The van der Waals surface area contributed by atoms with E-state index in [1.54, 1.807) is 22.7 Å². The van der Waals surface area contributed by atoms with Crippen LogP contribution in [0, 0.1) is 0 Å². The number of thiophene rings is 1. The zero-order valence-corrected chi connectivity index (χ0v) is 16.3. The molecule has 1 aliphatic heterocycles. The van der Waals surface area contributed by atoms with E-state index >= 15 is 0 Å². The molecule has 1 aromatic carbocycles. The van der Waals surface area contributed by atoms with Crippen LogP contribution < -0.4 is 9.64 Å². The summed E-state index contributed by atoms with van der Waals surface area (Å²) in [5.74, 6) is 1.06. The Balaban J connectivity index is 1.42. The van der Waals surface area contributed by atoms with Gasteiger partial charge in [0.1, 0.15) is 11.3 Å². The lowest BCUT2D eigenvalue weighted by Gasteiger charge is -2.34. The quantitative estimate of drug-likeness (QED) is 0.670. The minimum Gasteiger partial charge on any atom is -0.492 e. The van der Waals surface area contributed by atoms with Crippen molar-refractivity contribution in [3.8, 4) is 5.75 Å². The van der Waals surface area contributed by atoms with Gasteiger partial charge < -0.3 is 14.5 Å². The summed E-state index contributed by atoms with van der Waals surface area (Å²) in [7, 11) is 0. The number of carbonyl (C=O) groups excluding carboxylic acids is 1. The number of hydrogen-bond acceptors (Lipinski definition) is 6. The Morgan fingerprint density at radius 2 is 2.04 bits per heavy atom. The SMILES string of the molecule is CCOc1cccc2sc(N3CCN(C(=O)Cc4cccs4)CC3)nc12. The highest BCUT2D eigenvalue weighted by atomic mass is 32.1. The van der Waals surface area contributed by atoms with Crippen molar-refractivity contribution >= 4 is 43.9 Å². The highest BCUT2D eigenvalue weighted by Gasteiger charge is 2.23. The molecule has 1 aliphatic rings. The van der Waals surface area contributed by atoms with Gasteiger partial charge in [-0.3, -0.25) is 4.79 Å². The summed E-state index contributed by atoms with van der Waals surface area (Å²) in [4.78, 5) is 22.6. The Hall–Kier alpha value is -2.12. The summed E-state index contributed by atoms with van der Waals surface area (Å²) in [6.07, 6.45) is 0.510. The molecule has 0 aliphatic carbocycles. The molecule has 0 radical (unpaired) electrons. The van der Waals surface area contributed by atoms with Gasteiger partial charge in [0.25, 0.3) is 0 Å². The zero-order valence-electron chi connectivity index (χ0n) is 14.7. The van der Waals surface area contributed by atoms with Gasteiger partial charge in [-0.1, -0.05) is 23.5 Å². The predicted molar refractivity (Wildman–Crippen MR) is 108 cm³/mol. The van der Waals surface area contributed by atoms with Gasteiger partial charge >= 0.3 is 0 Å². The van der Waals surface area contributed by atoms with E-state index in [-0.39, 0.29) is 5.91 Å². The number of nitrogens with zero attached hydrogens (tertiary/aromatic N) is 3. The van der Waals surface area contributed by atoms with Crippen LogP contribution in [0.2, 0.25) is 0 Å². The highest BCUT2D eigenvalue weighted by molar-refractivity contribution is 7.22. The number of para-hydroxylation sites is 1. The molecule has 5 nitrogen and oxygen atoms in total. The fourth-order valence-electron chi connectivity index (χ4n) is 3.14. The first-order valence-corrected chi connectivity index (χ1v) is 10.5. The number of fused-ring (bicyclic) bond motifs is 1. The molecule has 7 heteroatoms. The van der Waals surface area contributed by atoms with E-state index in [2.05, 4.69) is 11.0 Å². The largest absolute Gasteiger partial charge is 0.492 e. The lowest BCUT2D eigenvalue weighted by atomic mass is 10.2. The van der Waals surface area contributed by atoms with Crippen LogP contribution in [-0.4, -0.2) is 48.6 Å². The van der Waals surface area contributed by atoms with Crippen LogP contribution >= 0.6 is 22.7 Å². The molecule has 2 aromatic heterocycles. The van der Waals surface area contributed by atoms with Gasteiger partial charge in [-0.25, -0.2) is 4.98 Å². The van der Waals surface area contributed by atoms with E-state index in [9.17, 15) is 4.79 Å². The van der Waals surface area contributed by atoms with Gasteiger partial charge in [-0.05, 0) is 30.5 Å². The fourth-order valence-corrected chi connectivity index (χ4v) is 4.87. The van der Waals surface area contributed by atoms with E-state index in [0.717, 1.165) is 52.2 Å². The van der Waals surface area contributed by atoms with Gasteiger partial charge in [0.2, 0.25) is 5.91 Å². The number of ether oxygens (including phenoxy) is 1. The minimum atomic E-state index is 0.218. The molecular formula is C19H21N3O2S2. The Labute approximate surface area is 160 Å². The summed E-state index contributed by atoms with van der Waals surface area (Å²) in [5.41, 5.74) is 0.936. The summed E-state index contributed by atoms with van der Waals surface area (Å²) >= 11 is 3.33. The van der Waals surface area contributed by atoms with Gasteiger partial charge in [-0.15, -0.1) is 11.3 Å². The molecule has 0 atom stereocenters. The predicted octanol–water partition coefficient (Wildman–Crippen LogP) is 3.65. The first kappa shape index (κ1) is 17.3. The minimum absolute atomic E-state index is 0.218. The normalized spacial score (nSPS) is 14.8. The molecule has 4 rings (SSSR count). The smallest absolute Gasteiger partial charge is 0.227 e. The topological polar surface area (TPSA) is 45.7 Å². The molecule has 3 heterocycles. The summed E-state index contributed by atoms with van der Waals surface area (Å²) in [5, 5.41) is 3.03. The molecular weight excluding hydrogens is 366 g/mol. The molecule has 0 spiro atoms. The third-order valence-electron chi connectivity index (χ3n) is 4.48. The van der Waals surface area contributed by atoms with Gasteiger partial charge in [0.15, 0.2) is 5.13 Å². The molecule has 1 fully saturated rings. The number of amides is 1. The summed E-state index contributed by atoms with van der Waals surface area (Å²) in [6.45, 7) is 5.76. The first-order chi connectivity index (χ1) is 12.7. The molecule has 0 N–H and O–H groups in total. The van der Waals surface area contributed by atoms with Crippen molar-refractivity contribution in [1.82, 2.24) is 9.88 Å². The molecule has 0 bridgehead atoms. The van der Waals surface area contributed by atoms with Crippen LogP contribution in [-0.2, 0) is 11.2 Å². The van der Waals surface area contributed by atoms with Crippen LogP contribution in [0.3, 0.4) is 0 Å². The maximum Gasteiger partial charge on any atom is 0.227 e. The van der Waals surface area contributed by atoms with Crippen molar-refractivity contribution < 1.29 is 9.53 Å². The Morgan fingerprint density at radius 1 is 1.19 bits per heavy atom. The Kier molecular flexibility index (Phi) is 5.08. The number of rotatable bonds is 5. The third kappa shape index (κ3) is 3.54. The Bertz CT molecular complexity index is 883.